The smallest absolute Gasteiger partial charge is 0.272 e. The molecule has 0 saturated heterocycles. The second-order valence-corrected chi connectivity index (χ2v) is 7.61. The Morgan fingerprint density at radius 3 is 2.93 bits per heavy atom. The summed E-state index contributed by atoms with van der Waals surface area (Å²) in [5, 5.41) is 8.35. The van der Waals surface area contributed by atoms with Gasteiger partial charge in [0.1, 0.15) is 0 Å². The first kappa shape index (κ1) is 20.2. The van der Waals surface area contributed by atoms with E-state index in [1.807, 2.05) is 18.3 Å². The van der Waals surface area contributed by atoms with Gasteiger partial charge in [0.15, 0.2) is 6.61 Å². The van der Waals surface area contributed by atoms with Crippen LogP contribution in [0, 0.1) is 12.8 Å². The average Bonchev–Trinajstić information content (AvgIpc) is 3.44. The molecule has 1 N–H and O–H groups in total. The van der Waals surface area contributed by atoms with Crippen molar-refractivity contribution in [2.24, 2.45) is 5.92 Å². The van der Waals surface area contributed by atoms with Crippen LogP contribution in [-0.2, 0) is 17.8 Å². The van der Waals surface area contributed by atoms with Gasteiger partial charge in [0, 0.05) is 36.1 Å². The summed E-state index contributed by atoms with van der Waals surface area (Å²) < 4.78 is 31.4. The number of carbonyl (C=O) groups excluding carboxylic acids is 1. The molecule has 0 aliphatic heterocycles. The number of rotatable bonds is 9. The van der Waals surface area contributed by atoms with Gasteiger partial charge in [-0.15, -0.1) is 0 Å². The van der Waals surface area contributed by atoms with E-state index in [0.717, 1.165) is 23.0 Å². The molecule has 158 valence electrons. The van der Waals surface area contributed by atoms with Crippen LogP contribution < -0.4 is 10.1 Å². The molecular formula is C21H23F2N5O2. The maximum absolute atomic E-state index is 12.3. The van der Waals surface area contributed by atoms with E-state index in [0.29, 0.717) is 23.7 Å². The number of hydrogen-bond donors (Lipinski definition) is 1. The summed E-state index contributed by atoms with van der Waals surface area (Å²) in [6, 6.07) is 3.65. The van der Waals surface area contributed by atoms with Gasteiger partial charge in [-0.25, -0.2) is 13.8 Å². The zero-order valence-electron chi connectivity index (χ0n) is 16.6. The number of ether oxygens (including phenoxy) is 1. The van der Waals surface area contributed by atoms with Gasteiger partial charge in [-0.05, 0) is 43.4 Å². The lowest BCUT2D eigenvalue weighted by atomic mass is 10.2. The zero-order chi connectivity index (χ0) is 21.1. The lowest BCUT2D eigenvalue weighted by molar-refractivity contribution is -0.120. The first-order valence-corrected chi connectivity index (χ1v) is 9.92. The summed E-state index contributed by atoms with van der Waals surface area (Å²) in [6.07, 6.45) is 5.16. The molecule has 0 radical (unpaired) electrons. The minimum absolute atomic E-state index is 0.0335. The third-order valence-corrected chi connectivity index (χ3v) is 4.95. The molecule has 0 atom stereocenters. The second-order valence-electron chi connectivity index (χ2n) is 7.61. The van der Waals surface area contributed by atoms with Gasteiger partial charge in [-0.1, -0.05) is 0 Å². The molecule has 9 heteroatoms. The molecule has 30 heavy (non-hydrogen) atoms. The van der Waals surface area contributed by atoms with Crippen molar-refractivity contribution in [2.75, 3.05) is 13.2 Å². The predicted octanol–water partition coefficient (Wildman–Crippen LogP) is 2.90. The van der Waals surface area contributed by atoms with Gasteiger partial charge >= 0.3 is 0 Å². The SMILES string of the molecule is Cc1cc(Cn2cc3c(CC(=O)NCC4CC4)nccc3n2)cnc1OCC(F)F. The van der Waals surface area contributed by atoms with E-state index in [2.05, 4.69) is 20.4 Å². The van der Waals surface area contributed by atoms with Gasteiger partial charge in [0.25, 0.3) is 6.43 Å². The minimum atomic E-state index is -2.54. The normalized spacial score (nSPS) is 13.7. The number of aromatic nitrogens is 4. The van der Waals surface area contributed by atoms with Crippen molar-refractivity contribution in [2.45, 2.75) is 39.2 Å². The number of amides is 1. The van der Waals surface area contributed by atoms with Crippen LogP contribution in [0.1, 0.15) is 29.7 Å². The van der Waals surface area contributed by atoms with Crippen molar-refractivity contribution in [3.05, 3.63) is 47.5 Å². The molecule has 7 nitrogen and oxygen atoms in total. The number of pyridine rings is 2. The molecule has 1 fully saturated rings. The molecule has 0 unspecified atom stereocenters. The average molecular weight is 415 g/mol. The van der Waals surface area contributed by atoms with E-state index < -0.39 is 13.0 Å². The van der Waals surface area contributed by atoms with Crippen LogP contribution in [0.15, 0.2) is 30.7 Å². The third-order valence-electron chi connectivity index (χ3n) is 4.95. The maximum Gasteiger partial charge on any atom is 0.272 e. The van der Waals surface area contributed by atoms with Crippen molar-refractivity contribution in [1.82, 2.24) is 25.1 Å². The Kier molecular flexibility index (Phi) is 5.87. The van der Waals surface area contributed by atoms with Crippen molar-refractivity contribution in [1.29, 1.82) is 0 Å². The Labute approximate surface area is 172 Å². The largest absolute Gasteiger partial charge is 0.471 e. The number of alkyl halides is 2. The van der Waals surface area contributed by atoms with Gasteiger partial charge in [0.05, 0.1) is 24.2 Å². The molecule has 0 bridgehead atoms. The van der Waals surface area contributed by atoms with Crippen molar-refractivity contribution in [3.63, 3.8) is 0 Å². The summed E-state index contributed by atoms with van der Waals surface area (Å²) in [5.74, 6) is 0.798. The summed E-state index contributed by atoms with van der Waals surface area (Å²) in [7, 11) is 0. The number of hydrogen-bond acceptors (Lipinski definition) is 5. The van der Waals surface area contributed by atoms with Crippen molar-refractivity contribution in [3.8, 4) is 5.88 Å². The van der Waals surface area contributed by atoms with Crippen molar-refractivity contribution >= 4 is 16.8 Å². The summed E-state index contributed by atoms with van der Waals surface area (Å²) in [6.45, 7) is 2.27. The molecule has 3 heterocycles. The second kappa shape index (κ2) is 8.73. The standard InChI is InChI=1S/C21H23F2N5O2/c1-13-6-15(9-26-21(13)30-12-19(22)23)10-28-11-16-17(27-28)4-5-24-18(16)7-20(29)25-8-14-2-3-14/h4-6,9,11,14,19H,2-3,7-8,10,12H2,1H3,(H,25,29). The number of nitrogens with one attached hydrogen (secondary N) is 1. The number of nitrogens with zero attached hydrogens (tertiary/aromatic N) is 4. The van der Waals surface area contributed by atoms with Crippen LogP contribution in [-0.4, -0.2) is 45.2 Å². The van der Waals surface area contributed by atoms with Gasteiger partial charge < -0.3 is 10.1 Å². The van der Waals surface area contributed by atoms with Crippen LogP contribution >= 0.6 is 0 Å². The van der Waals surface area contributed by atoms with Gasteiger partial charge in [0.2, 0.25) is 11.8 Å². The van der Waals surface area contributed by atoms with Gasteiger partial charge in [-0.2, -0.15) is 5.10 Å². The lowest BCUT2D eigenvalue weighted by Gasteiger charge is -2.09. The minimum Gasteiger partial charge on any atom is -0.471 e. The monoisotopic (exact) mass is 415 g/mol. The topological polar surface area (TPSA) is 81.9 Å². The fraction of sp³-hybridized carbons (Fsp3) is 0.429. The van der Waals surface area contributed by atoms with Crippen molar-refractivity contribution < 1.29 is 18.3 Å². The number of aryl methyl sites for hydroxylation is 1. The molecule has 0 spiro atoms. The van der Waals surface area contributed by atoms with Crippen LogP contribution in [0.5, 0.6) is 5.88 Å². The van der Waals surface area contributed by atoms with E-state index in [1.165, 1.54) is 12.8 Å². The highest BCUT2D eigenvalue weighted by Gasteiger charge is 2.22. The van der Waals surface area contributed by atoms with E-state index >= 15 is 0 Å². The Hall–Kier alpha value is -3.10. The molecule has 3 aromatic heterocycles. The Morgan fingerprint density at radius 2 is 2.20 bits per heavy atom. The highest BCUT2D eigenvalue weighted by Crippen LogP contribution is 2.27. The first-order chi connectivity index (χ1) is 14.5. The summed E-state index contributed by atoms with van der Waals surface area (Å²) in [4.78, 5) is 20.7. The third kappa shape index (κ3) is 5.08. The van der Waals surface area contributed by atoms with Crippen LogP contribution in [0.25, 0.3) is 10.9 Å². The molecule has 0 aromatic carbocycles. The van der Waals surface area contributed by atoms with Crippen LogP contribution in [0.3, 0.4) is 0 Å². The maximum atomic E-state index is 12.3. The quantitative estimate of drug-likeness (QED) is 0.581. The Morgan fingerprint density at radius 1 is 1.37 bits per heavy atom. The number of fused-ring (bicyclic) bond motifs is 1. The van der Waals surface area contributed by atoms with E-state index in [4.69, 9.17) is 4.74 Å². The molecular weight excluding hydrogens is 392 g/mol. The molecule has 4 rings (SSSR count). The molecule has 1 amide bonds. The number of halogens is 2. The fourth-order valence-electron chi connectivity index (χ4n) is 3.25. The highest BCUT2D eigenvalue weighted by atomic mass is 19.3. The zero-order valence-corrected chi connectivity index (χ0v) is 16.6. The first-order valence-electron chi connectivity index (χ1n) is 9.92. The fourth-order valence-corrected chi connectivity index (χ4v) is 3.25. The van der Waals surface area contributed by atoms with E-state index in [1.54, 1.807) is 24.0 Å². The number of carbonyl (C=O) groups is 1. The van der Waals surface area contributed by atoms with Crippen LogP contribution in [0.2, 0.25) is 0 Å². The Balaban J connectivity index is 1.45. The molecule has 1 aliphatic carbocycles. The highest BCUT2D eigenvalue weighted by molar-refractivity contribution is 5.86. The van der Waals surface area contributed by atoms with E-state index in [-0.39, 0.29) is 18.2 Å². The Bertz CT molecular complexity index is 1050. The van der Waals surface area contributed by atoms with Gasteiger partial charge in [-0.3, -0.25) is 14.5 Å². The van der Waals surface area contributed by atoms with E-state index in [9.17, 15) is 13.6 Å². The summed E-state index contributed by atoms with van der Waals surface area (Å²) in [5.41, 5.74) is 2.99. The summed E-state index contributed by atoms with van der Waals surface area (Å²) >= 11 is 0. The molecule has 1 saturated carbocycles. The lowest BCUT2D eigenvalue weighted by Crippen LogP contribution is -2.27. The molecule has 1 aliphatic rings. The predicted molar refractivity (Wildman–Crippen MR) is 107 cm³/mol. The van der Waals surface area contributed by atoms with Crippen LogP contribution in [0.4, 0.5) is 8.78 Å². The molecule has 3 aromatic rings.